The molecule has 1 unspecified atom stereocenters. The highest BCUT2D eigenvalue weighted by Crippen LogP contribution is 2.12. The fourth-order valence-electron chi connectivity index (χ4n) is 1.93. The van der Waals surface area contributed by atoms with E-state index in [1.807, 2.05) is 11.9 Å². The van der Waals surface area contributed by atoms with Crippen molar-refractivity contribution in [3.8, 4) is 0 Å². The number of piperidine rings is 1. The highest BCUT2D eigenvalue weighted by molar-refractivity contribution is 5.76. The van der Waals surface area contributed by atoms with Crippen LogP contribution in [0.15, 0.2) is 0 Å². The van der Waals surface area contributed by atoms with Gasteiger partial charge in [-0.15, -0.1) is 0 Å². The number of rotatable bonds is 4. The highest BCUT2D eigenvalue weighted by Gasteiger charge is 2.22. The molecule has 1 aliphatic heterocycles. The molecule has 0 saturated carbocycles. The smallest absolute Gasteiger partial charge is 0.222 e. The van der Waals surface area contributed by atoms with Gasteiger partial charge in [0.25, 0.3) is 0 Å². The molecule has 0 aromatic rings. The Labute approximate surface area is 86.9 Å². The Morgan fingerprint density at radius 2 is 2.14 bits per heavy atom. The third kappa shape index (κ3) is 2.98. The Kier molecular flexibility index (Phi) is 4.39. The lowest BCUT2D eigenvalue weighted by molar-refractivity contribution is -0.133. The molecule has 0 spiro atoms. The van der Waals surface area contributed by atoms with E-state index in [1.54, 1.807) is 0 Å². The molecule has 1 atom stereocenters. The molecular weight excluding hydrogens is 176 g/mol. The lowest BCUT2D eigenvalue weighted by atomic mass is 10.0. The van der Waals surface area contributed by atoms with E-state index >= 15 is 0 Å². The third-order valence-corrected chi connectivity index (χ3v) is 3.01. The minimum Gasteiger partial charge on any atom is -0.341 e. The van der Waals surface area contributed by atoms with Gasteiger partial charge in [-0.2, -0.15) is 0 Å². The summed E-state index contributed by atoms with van der Waals surface area (Å²) in [4.78, 5) is 13.6. The summed E-state index contributed by atoms with van der Waals surface area (Å²) in [6.45, 7) is 6.20. The van der Waals surface area contributed by atoms with Gasteiger partial charge in [0.2, 0.25) is 5.91 Å². The Bertz CT molecular complexity index is 192. The van der Waals surface area contributed by atoms with E-state index in [2.05, 4.69) is 19.2 Å². The topological polar surface area (TPSA) is 32.3 Å². The molecule has 3 nitrogen and oxygen atoms in total. The first-order valence-corrected chi connectivity index (χ1v) is 5.60. The lowest BCUT2D eigenvalue weighted by Gasteiger charge is -2.32. The molecule has 0 aromatic heterocycles. The summed E-state index contributed by atoms with van der Waals surface area (Å²) < 4.78 is 0. The predicted octanol–water partition coefficient (Wildman–Crippen LogP) is 1.24. The summed E-state index contributed by atoms with van der Waals surface area (Å²) in [6, 6.07) is 0.428. The van der Waals surface area contributed by atoms with Crippen LogP contribution in [0.5, 0.6) is 0 Å². The summed E-state index contributed by atoms with van der Waals surface area (Å²) in [7, 11) is 1.97. The zero-order valence-corrected chi connectivity index (χ0v) is 9.55. The molecule has 1 amide bonds. The normalized spacial score (nSPS) is 20.3. The van der Waals surface area contributed by atoms with E-state index < -0.39 is 0 Å². The van der Waals surface area contributed by atoms with Crippen LogP contribution >= 0.6 is 0 Å². The summed E-state index contributed by atoms with van der Waals surface area (Å²) in [5.41, 5.74) is 0. The fourth-order valence-corrected chi connectivity index (χ4v) is 1.93. The first-order valence-electron chi connectivity index (χ1n) is 5.60. The molecule has 1 N–H and O–H groups in total. The van der Waals surface area contributed by atoms with E-state index in [4.69, 9.17) is 0 Å². The van der Waals surface area contributed by atoms with Gasteiger partial charge in [0.15, 0.2) is 0 Å². The van der Waals surface area contributed by atoms with E-state index in [9.17, 15) is 4.79 Å². The monoisotopic (exact) mass is 198 g/mol. The quantitative estimate of drug-likeness (QED) is 0.737. The second-order valence-corrected chi connectivity index (χ2v) is 4.44. The maximum Gasteiger partial charge on any atom is 0.222 e. The number of amides is 1. The first kappa shape index (κ1) is 11.5. The van der Waals surface area contributed by atoms with Crippen LogP contribution < -0.4 is 5.32 Å². The van der Waals surface area contributed by atoms with Crippen molar-refractivity contribution >= 4 is 5.91 Å². The van der Waals surface area contributed by atoms with Gasteiger partial charge in [-0.1, -0.05) is 13.8 Å². The van der Waals surface area contributed by atoms with Crippen molar-refractivity contribution in [1.82, 2.24) is 10.2 Å². The highest BCUT2D eigenvalue weighted by atomic mass is 16.2. The van der Waals surface area contributed by atoms with Crippen molar-refractivity contribution in [1.29, 1.82) is 0 Å². The van der Waals surface area contributed by atoms with Crippen LogP contribution in [0.2, 0.25) is 0 Å². The van der Waals surface area contributed by atoms with Crippen molar-refractivity contribution in [2.24, 2.45) is 5.92 Å². The number of nitrogens with zero attached hydrogens (tertiary/aromatic N) is 1. The van der Waals surface area contributed by atoms with Crippen molar-refractivity contribution in [2.75, 3.05) is 20.1 Å². The Morgan fingerprint density at radius 3 is 2.64 bits per heavy atom. The number of carbonyl (C=O) groups excluding carboxylic acids is 1. The van der Waals surface area contributed by atoms with Gasteiger partial charge in [-0.3, -0.25) is 4.79 Å². The number of carbonyl (C=O) groups is 1. The van der Waals surface area contributed by atoms with Crippen molar-refractivity contribution < 1.29 is 4.79 Å². The SMILES string of the molecule is CNC(CN1CCCCC1=O)C(C)C. The van der Waals surface area contributed by atoms with Gasteiger partial charge in [-0.25, -0.2) is 0 Å². The zero-order valence-electron chi connectivity index (χ0n) is 9.55. The van der Waals surface area contributed by atoms with Gasteiger partial charge in [0, 0.05) is 25.6 Å². The van der Waals surface area contributed by atoms with Gasteiger partial charge in [-0.05, 0) is 25.8 Å². The average Bonchev–Trinajstić information content (AvgIpc) is 2.16. The van der Waals surface area contributed by atoms with Crippen molar-refractivity contribution in [3.05, 3.63) is 0 Å². The number of nitrogens with one attached hydrogen (secondary N) is 1. The molecule has 0 bridgehead atoms. The second kappa shape index (κ2) is 5.35. The third-order valence-electron chi connectivity index (χ3n) is 3.01. The van der Waals surface area contributed by atoms with Crippen LogP contribution in [0.3, 0.4) is 0 Å². The van der Waals surface area contributed by atoms with Gasteiger partial charge >= 0.3 is 0 Å². The van der Waals surface area contributed by atoms with Crippen LogP contribution in [0.25, 0.3) is 0 Å². The maximum atomic E-state index is 11.6. The van der Waals surface area contributed by atoms with Crippen LogP contribution in [-0.2, 0) is 4.79 Å². The number of hydrogen-bond donors (Lipinski definition) is 1. The number of likely N-dealkylation sites (tertiary alicyclic amines) is 1. The van der Waals surface area contributed by atoms with E-state index in [0.717, 1.165) is 25.9 Å². The predicted molar refractivity (Wildman–Crippen MR) is 58.1 cm³/mol. The summed E-state index contributed by atoms with van der Waals surface area (Å²) in [5, 5.41) is 3.28. The molecule has 82 valence electrons. The molecule has 3 heteroatoms. The summed E-state index contributed by atoms with van der Waals surface area (Å²) >= 11 is 0. The van der Waals surface area contributed by atoms with Gasteiger partial charge in [0.05, 0.1) is 0 Å². The van der Waals surface area contributed by atoms with Crippen LogP contribution in [0, 0.1) is 5.92 Å². The Balaban J connectivity index is 2.44. The van der Waals surface area contributed by atoms with Gasteiger partial charge in [0.1, 0.15) is 0 Å². The Morgan fingerprint density at radius 1 is 1.43 bits per heavy atom. The van der Waals surface area contributed by atoms with E-state index in [1.165, 1.54) is 6.42 Å². The van der Waals surface area contributed by atoms with Crippen LogP contribution in [-0.4, -0.2) is 37.0 Å². The molecule has 1 saturated heterocycles. The maximum absolute atomic E-state index is 11.6. The lowest BCUT2D eigenvalue weighted by Crippen LogP contribution is -2.46. The average molecular weight is 198 g/mol. The second-order valence-electron chi connectivity index (χ2n) is 4.44. The molecule has 14 heavy (non-hydrogen) atoms. The van der Waals surface area contributed by atoms with Crippen molar-refractivity contribution in [3.63, 3.8) is 0 Å². The number of hydrogen-bond acceptors (Lipinski definition) is 2. The van der Waals surface area contributed by atoms with Crippen molar-refractivity contribution in [2.45, 2.75) is 39.2 Å². The van der Waals surface area contributed by atoms with Crippen LogP contribution in [0.1, 0.15) is 33.1 Å². The zero-order chi connectivity index (χ0) is 10.6. The molecule has 0 aliphatic carbocycles. The molecule has 0 radical (unpaired) electrons. The van der Waals surface area contributed by atoms with E-state index in [-0.39, 0.29) is 0 Å². The first-order chi connectivity index (χ1) is 6.65. The molecule has 1 fully saturated rings. The summed E-state index contributed by atoms with van der Waals surface area (Å²) in [5.74, 6) is 0.909. The molecular formula is C11H22N2O. The summed E-state index contributed by atoms with van der Waals surface area (Å²) in [6.07, 6.45) is 2.98. The minimum absolute atomic E-state index is 0.331. The van der Waals surface area contributed by atoms with E-state index in [0.29, 0.717) is 17.9 Å². The minimum atomic E-state index is 0.331. The fraction of sp³-hybridized carbons (Fsp3) is 0.909. The van der Waals surface area contributed by atoms with Gasteiger partial charge < -0.3 is 10.2 Å². The number of likely N-dealkylation sites (N-methyl/N-ethyl adjacent to an activating group) is 1. The molecule has 0 aromatic carbocycles. The largest absolute Gasteiger partial charge is 0.341 e. The molecule has 1 heterocycles. The standard InChI is InChI=1S/C11H22N2O/c1-9(2)10(12-3)8-13-7-5-4-6-11(13)14/h9-10,12H,4-8H2,1-3H3. The van der Waals surface area contributed by atoms with Crippen LogP contribution in [0.4, 0.5) is 0 Å². The molecule has 1 aliphatic rings. The Hall–Kier alpha value is -0.570. The molecule has 1 rings (SSSR count).